The van der Waals surface area contributed by atoms with Gasteiger partial charge in [0.15, 0.2) is 0 Å². The summed E-state index contributed by atoms with van der Waals surface area (Å²) >= 11 is 1.53. The molecule has 27 heavy (non-hydrogen) atoms. The van der Waals surface area contributed by atoms with Gasteiger partial charge in [0, 0.05) is 4.88 Å². The molecule has 0 amide bonds. The van der Waals surface area contributed by atoms with Crippen molar-refractivity contribution in [3.63, 3.8) is 0 Å². The minimum absolute atomic E-state index is 0.320. The third kappa shape index (κ3) is 3.96. The largest absolute Gasteiger partial charge is 0.370 e. The van der Waals surface area contributed by atoms with Gasteiger partial charge in [-0.2, -0.15) is 4.31 Å². The maximum absolute atomic E-state index is 12.8. The van der Waals surface area contributed by atoms with Crippen LogP contribution in [0, 0.1) is 6.92 Å². The highest BCUT2D eigenvalue weighted by atomic mass is 32.2. The van der Waals surface area contributed by atoms with Gasteiger partial charge in [0.1, 0.15) is 5.01 Å². The van der Waals surface area contributed by atoms with Crippen LogP contribution in [-0.4, -0.2) is 17.7 Å². The molecule has 0 saturated carbocycles. The average molecular weight is 401 g/mol. The van der Waals surface area contributed by atoms with Gasteiger partial charge in [-0.1, -0.05) is 48.0 Å². The number of aryl methyl sites for hydroxylation is 1. The predicted octanol–water partition coefficient (Wildman–Crippen LogP) is 3.87. The standard InChI is InChI=1S/C20H20N2O3S2/c1-15-7-9-17(10-8-15)27(23,24)22-11-18-19(12-22)26-20(21-18)14-25-13-16-5-3-2-4-6-16/h2-10H,11-14H2,1H3. The molecule has 1 aromatic heterocycles. The van der Waals surface area contributed by atoms with Crippen LogP contribution < -0.4 is 0 Å². The molecule has 5 nitrogen and oxygen atoms in total. The van der Waals surface area contributed by atoms with Crippen LogP contribution in [0.4, 0.5) is 0 Å². The number of hydrogen-bond acceptors (Lipinski definition) is 5. The fourth-order valence-corrected chi connectivity index (χ4v) is 5.47. The van der Waals surface area contributed by atoms with E-state index in [9.17, 15) is 8.42 Å². The first-order valence-corrected chi connectivity index (χ1v) is 10.9. The van der Waals surface area contributed by atoms with Crippen molar-refractivity contribution in [2.75, 3.05) is 0 Å². The van der Waals surface area contributed by atoms with Crippen LogP contribution in [0.15, 0.2) is 59.5 Å². The van der Waals surface area contributed by atoms with Crippen molar-refractivity contribution in [2.45, 2.75) is 38.1 Å². The quantitative estimate of drug-likeness (QED) is 0.630. The summed E-state index contributed by atoms with van der Waals surface area (Å²) < 4.78 is 32.8. The van der Waals surface area contributed by atoms with Gasteiger partial charge in [-0.15, -0.1) is 11.3 Å². The summed E-state index contributed by atoms with van der Waals surface area (Å²) in [7, 11) is -3.49. The zero-order chi connectivity index (χ0) is 18.9. The van der Waals surface area contributed by atoms with Gasteiger partial charge >= 0.3 is 0 Å². The molecule has 0 spiro atoms. The van der Waals surface area contributed by atoms with Crippen LogP contribution in [0.3, 0.4) is 0 Å². The van der Waals surface area contributed by atoms with Gasteiger partial charge in [0.2, 0.25) is 10.0 Å². The Kier molecular flexibility index (Phi) is 5.10. The monoisotopic (exact) mass is 400 g/mol. The molecule has 1 aliphatic rings. The number of aromatic nitrogens is 1. The summed E-state index contributed by atoms with van der Waals surface area (Å²) in [5.74, 6) is 0. The van der Waals surface area contributed by atoms with Gasteiger partial charge in [-0.05, 0) is 24.6 Å². The number of nitrogens with zero attached hydrogens (tertiary/aromatic N) is 2. The molecule has 7 heteroatoms. The van der Waals surface area contributed by atoms with E-state index in [0.29, 0.717) is 31.2 Å². The summed E-state index contributed by atoms with van der Waals surface area (Å²) in [5.41, 5.74) is 3.00. The number of fused-ring (bicyclic) bond motifs is 1. The lowest BCUT2D eigenvalue weighted by Gasteiger charge is -2.15. The van der Waals surface area contributed by atoms with Crippen molar-refractivity contribution in [3.05, 3.63) is 81.3 Å². The first kappa shape index (κ1) is 18.3. The number of hydrogen-bond donors (Lipinski definition) is 0. The lowest BCUT2D eigenvalue weighted by atomic mass is 10.2. The van der Waals surface area contributed by atoms with Crippen molar-refractivity contribution in [2.24, 2.45) is 0 Å². The molecule has 0 saturated heterocycles. The van der Waals surface area contributed by atoms with E-state index in [1.165, 1.54) is 15.6 Å². The van der Waals surface area contributed by atoms with Crippen LogP contribution >= 0.6 is 11.3 Å². The first-order valence-electron chi connectivity index (χ1n) is 8.68. The van der Waals surface area contributed by atoms with E-state index in [2.05, 4.69) is 4.98 Å². The van der Waals surface area contributed by atoms with E-state index in [1.807, 2.05) is 49.4 Å². The molecular formula is C20H20N2O3S2. The maximum Gasteiger partial charge on any atom is 0.243 e. The topological polar surface area (TPSA) is 59.5 Å². The second kappa shape index (κ2) is 7.52. The summed E-state index contributed by atoms with van der Waals surface area (Å²) in [4.78, 5) is 5.91. The van der Waals surface area contributed by atoms with E-state index >= 15 is 0 Å². The van der Waals surface area contributed by atoms with Gasteiger partial charge in [-0.3, -0.25) is 0 Å². The molecule has 4 rings (SSSR count). The molecule has 2 aromatic carbocycles. The van der Waals surface area contributed by atoms with Crippen molar-refractivity contribution < 1.29 is 13.2 Å². The van der Waals surface area contributed by atoms with E-state index in [4.69, 9.17) is 4.74 Å². The number of sulfonamides is 1. The van der Waals surface area contributed by atoms with Gasteiger partial charge in [-0.25, -0.2) is 13.4 Å². The SMILES string of the molecule is Cc1ccc(S(=O)(=O)N2Cc3nc(COCc4ccccc4)sc3C2)cc1. The molecule has 0 N–H and O–H groups in total. The van der Waals surface area contributed by atoms with Crippen molar-refractivity contribution in [1.29, 1.82) is 0 Å². The molecule has 0 radical (unpaired) electrons. The van der Waals surface area contributed by atoms with Crippen molar-refractivity contribution >= 4 is 21.4 Å². The van der Waals surface area contributed by atoms with E-state index < -0.39 is 10.0 Å². The third-order valence-corrected chi connectivity index (χ3v) is 7.33. The fraction of sp³-hybridized carbons (Fsp3) is 0.250. The Hall–Kier alpha value is -2.06. The fourth-order valence-electron chi connectivity index (χ4n) is 2.99. The number of benzene rings is 2. The van der Waals surface area contributed by atoms with Crippen LogP contribution in [0.2, 0.25) is 0 Å². The lowest BCUT2D eigenvalue weighted by molar-refractivity contribution is 0.107. The molecule has 1 aliphatic heterocycles. The van der Waals surface area contributed by atoms with E-state index in [-0.39, 0.29) is 0 Å². The first-order chi connectivity index (χ1) is 13.0. The zero-order valence-electron chi connectivity index (χ0n) is 15.0. The van der Waals surface area contributed by atoms with Crippen molar-refractivity contribution in [1.82, 2.24) is 9.29 Å². The van der Waals surface area contributed by atoms with Gasteiger partial charge < -0.3 is 4.74 Å². The molecule has 140 valence electrons. The second-order valence-corrected chi connectivity index (χ2v) is 9.65. The normalized spacial score (nSPS) is 14.4. The number of thiazole rings is 1. The minimum atomic E-state index is -3.49. The molecular weight excluding hydrogens is 380 g/mol. The summed E-state index contributed by atoms with van der Waals surface area (Å²) in [6.07, 6.45) is 0. The number of ether oxygens (including phenoxy) is 1. The molecule has 0 bridgehead atoms. The van der Waals surface area contributed by atoms with Crippen LogP contribution in [0.5, 0.6) is 0 Å². The van der Waals surface area contributed by atoms with Crippen LogP contribution in [0.25, 0.3) is 0 Å². The van der Waals surface area contributed by atoms with Crippen LogP contribution in [-0.2, 0) is 41.1 Å². The van der Waals surface area contributed by atoms with Gasteiger partial charge in [0.25, 0.3) is 0 Å². The molecule has 0 aliphatic carbocycles. The molecule has 0 fully saturated rings. The lowest BCUT2D eigenvalue weighted by Crippen LogP contribution is -2.25. The Morgan fingerprint density at radius 2 is 1.78 bits per heavy atom. The molecule has 2 heterocycles. The molecule has 0 atom stereocenters. The highest BCUT2D eigenvalue weighted by Crippen LogP contribution is 2.32. The minimum Gasteiger partial charge on any atom is -0.370 e. The Bertz CT molecular complexity index is 1010. The highest BCUT2D eigenvalue weighted by molar-refractivity contribution is 7.89. The Balaban J connectivity index is 1.39. The second-order valence-electron chi connectivity index (χ2n) is 6.54. The highest BCUT2D eigenvalue weighted by Gasteiger charge is 2.33. The van der Waals surface area contributed by atoms with Crippen molar-refractivity contribution in [3.8, 4) is 0 Å². The number of rotatable bonds is 6. The Morgan fingerprint density at radius 1 is 1.04 bits per heavy atom. The predicted molar refractivity (Wildman–Crippen MR) is 105 cm³/mol. The maximum atomic E-state index is 12.8. The van der Waals surface area contributed by atoms with Crippen LogP contribution in [0.1, 0.15) is 26.7 Å². The Morgan fingerprint density at radius 3 is 2.48 bits per heavy atom. The average Bonchev–Trinajstić information content (AvgIpc) is 3.22. The van der Waals surface area contributed by atoms with E-state index in [1.54, 1.807) is 12.1 Å². The molecule has 3 aromatic rings. The summed E-state index contributed by atoms with van der Waals surface area (Å²) in [6, 6.07) is 17.0. The smallest absolute Gasteiger partial charge is 0.243 e. The third-order valence-electron chi connectivity index (χ3n) is 4.46. The Labute approximate surface area is 163 Å². The summed E-state index contributed by atoms with van der Waals surface area (Å²) in [5, 5.41) is 0.892. The zero-order valence-corrected chi connectivity index (χ0v) is 16.6. The summed E-state index contributed by atoms with van der Waals surface area (Å²) in [6.45, 7) is 3.62. The molecule has 0 unspecified atom stereocenters. The van der Waals surface area contributed by atoms with E-state index in [0.717, 1.165) is 26.7 Å². The van der Waals surface area contributed by atoms with Gasteiger partial charge in [0.05, 0.1) is 36.9 Å².